The molecule has 3 N–H and O–H groups in total. The quantitative estimate of drug-likeness (QED) is 0.590. The summed E-state index contributed by atoms with van der Waals surface area (Å²) >= 11 is 6.08. The first-order chi connectivity index (χ1) is 13.6. The van der Waals surface area contributed by atoms with Crippen molar-refractivity contribution in [1.82, 2.24) is 9.78 Å². The minimum absolute atomic E-state index is 0.0100. The van der Waals surface area contributed by atoms with Crippen molar-refractivity contribution < 1.29 is 14.0 Å². The Labute approximate surface area is 172 Å². The van der Waals surface area contributed by atoms with E-state index < -0.39 is 17.1 Å². The molecule has 1 heterocycles. The van der Waals surface area contributed by atoms with Crippen LogP contribution in [0.1, 0.15) is 41.6 Å². The molecule has 2 aromatic carbocycles. The van der Waals surface area contributed by atoms with Crippen molar-refractivity contribution in [3.05, 3.63) is 70.8 Å². The Hall–Kier alpha value is -3.19. The third-order valence-corrected chi connectivity index (χ3v) is 4.53. The Morgan fingerprint density at radius 2 is 1.79 bits per heavy atom. The first kappa shape index (κ1) is 20.5. The molecule has 150 valence electrons. The second-order valence-corrected chi connectivity index (χ2v) is 7.96. The lowest BCUT2D eigenvalue weighted by Crippen LogP contribution is -2.20. The Morgan fingerprint density at radius 3 is 2.34 bits per heavy atom. The predicted octanol–water partition coefficient (Wildman–Crippen LogP) is 4.74. The van der Waals surface area contributed by atoms with Gasteiger partial charge in [-0.15, -0.1) is 0 Å². The van der Waals surface area contributed by atoms with Crippen LogP contribution < -0.4 is 11.1 Å². The summed E-state index contributed by atoms with van der Waals surface area (Å²) in [4.78, 5) is 24.2. The van der Waals surface area contributed by atoms with Gasteiger partial charge in [-0.25, -0.2) is 9.07 Å². The minimum Gasteiger partial charge on any atom is -0.364 e. The number of hydrogen-bond donors (Lipinski definition) is 2. The summed E-state index contributed by atoms with van der Waals surface area (Å²) in [5.41, 5.74) is 6.34. The summed E-state index contributed by atoms with van der Waals surface area (Å²) in [7, 11) is 0. The molecule has 0 atom stereocenters. The fraction of sp³-hybridized carbons (Fsp3) is 0.190. The third kappa shape index (κ3) is 4.30. The summed E-state index contributed by atoms with van der Waals surface area (Å²) in [5.74, 6) is -1.35. The maximum absolute atomic E-state index is 14.2. The summed E-state index contributed by atoms with van der Waals surface area (Å²) in [6.07, 6.45) is 1.43. The van der Waals surface area contributed by atoms with Crippen molar-refractivity contribution in [1.29, 1.82) is 0 Å². The van der Waals surface area contributed by atoms with E-state index in [2.05, 4.69) is 10.4 Å². The summed E-state index contributed by atoms with van der Waals surface area (Å²) < 4.78 is 15.4. The molecule has 1 amide bonds. The van der Waals surface area contributed by atoms with Crippen LogP contribution in [0.5, 0.6) is 0 Å². The molecule has 0 fully saturated rings. The minimum atomic E-state index is -0.779. The first-order valence-corrected chi connectivity index (χ1v) is 9.21. The molecule has 0 bridgehead atoms. The Balaban J connectivity index is 1.94. The number of anilines is 2. The average molecular weight is 415 g/mol. The van der Waals surface area contributed by atoms with Gasteiger partial charge in [0.1, 0.15) is 11.5 Å². The smallest absolute Gasteiger partial charge is 0.271 e. The molecule has 0 aliphatic heterocycles. The van der Waals surface area contributed by atoms with Gasteiger partial charge in [0.15, 0.2) is 11.5 Å². The van der Waals surface area contributed by atoms with E-state index in [-0.39, 0.29) is 27.9 Å². The van der Waals surface area contributed by atoms with Crippen LogP contribution in [0.2, 0.25) is 5.02 Å². The highest BCUT2D eigenvalue weighted by atomic mass is 35.5. The number of rotatable bonds is 5. The fourth-order valence-electron chi connectivity index (χ4n) is 2.76. The zero-order valence-electron chi connectivity index (χ0n) is 16.2. The van der Waals surface area contributed by atoms with Gasteiger partial charge in [0.05, 0.1) is 16.9 Å². The van der Waals surface area contributed by atoms with E-state index in [9.17, 15) is 14.0 Å². The van der Waals surface area contributed by atoms with Gasteiger partial charge < -0.3 is 11.1 Å². The number of ketones is 1. The number of nitrogens with one attached hydrogen (secondary N) is 1. The van der Waals surface area contributed by atoms with E-state index in [0.29, 0.717) is 11.3 Å². The number of aromatic nitrogens is 2. The number of para-hydroxylation sites is 1. The molecule has 3 rings (SSSR count). The van der Waals surface area contributed by atoms with E-state index in [1.807, 2.05) is 20.8 Å². The van der Waals surface area contributed by atoms with Gasteiger partial charge in [-0.1, -0.05) is 38.4 Å². The second-order valence-electron chi connectivity index (χ2n) is 7.55. The number of carbonyl (C=O) groups is 2. The van der Waals surface area contributed by atoms with E-state index in [0.717, 1.165) is 4.68 Å². The van der Waals surface area contributed by atoms with Crippen LogP contribution in [-0.2, 0) is 0 Å². The van der Waals surface area contributed by atoms with Crippen LogP contribution in [0.25, 0.3) is 5.69 Å². The first-order valence-electron chi connectivity index (χ1n) is 8.83. The van der Waals surface area contributed by atoms with Crippen molar-refractivity contribution in [2.75, 3.05) is 5.32 Å². The maximum atomic E-state index is 14.2. The van der Waals surface area contributed by atoms with Gasteiger partial charge in [-0.2, -0.15) is 5.10 Å². The molecule has 0 spiro atoms. The lowest BCUT2D eigenvalue weighted by atomic mass is 9.86. The van der Waals surface area contributed by atoms with Crippen molar-refractivity contribution in [2.24, 2.45) is 11.1 Å². The average Bonchev–Trinajstić information content (AvgIpc) is 3.04. The molecule has 0 aliphatic rings. The largest absolute Gasteiger partial charge is 0.364 e. The van der Waals surface area contributed by atoms with Crippen molar-refractivity contribution >= 4 is 34.7 Å². The number of amides is 1. The van der Waals surface area contributed by atoms with Crippen LogP contribution in [-0.4, -0.2) is 21.5 Å². The van der Waals surface area contributed by atoms with Crippen LogP contribution >= 0.6 is 11.6 Å². The molecule has 0 saturated carbocycles. The molecular formula is C21H20ClFN4O2. The van der Waals surface area contributed by atoms with Crippen LogP contribution in [0.3, 0.4) is 0 Å². The molecule has 3 aromatic rings. The monoisotopic (exact) mass is 414 g/mol. The highest BCUT2D eigenvalue weighted by Crippen LogP contribution is 2.28. The number of nitrogens with zero attached hydrogens (tertiary/aromatic N) is 2. The SMILES string of the molecule is CC(C)(C)C(=O)c1ccc(Nc2cn(-c3c(F)cccc3Cl)nc2C(N)=O)cc1. The lowest BCUT2D eigenvalue weighted by molar-refractivity contribution is 0.0858. The zero-order chi connectivity index (χ0) is 21.3. The Kier molecular flexibility index (Phi) is 5.44. The molecule has 1 aromatic heterocycles. The number of halogens is 2. The van der Waals surface area contributed by atoms with Crippen LogP contribution in [0.4, 0.5) is 15.8 Å². The van der Waals surface area contributed by atoms with Crippen molar-refractivity contribution in [3.8, 4) is 5.69 Å². The maximum Gasteiger partial charge on any atom is 0.271 e. The van der Waals surface area contributed by atoms with Gasteiger partial charge in [-0.3, -0.25) is 9.59 Å². The van der Waals surface area contributed by atoms with Crippen LogP contribution in [0.15, 0.2) is 48.7 Å². The predicted molar refractivity (Wildman–Crippen MR) is 111 cm³/mol. The number of carbonyl (C=O) groups excluding carboxylic acids is 2. The number of hydrogen-bond acceptors (Lipinski definition) is 4. The molecule has 0 aliphatic carbocycles. The molecule has 0 saturated heterocycles. The van der Waals surface area contributed by atoms with Gasteiger partial charge >= 0.3 is 0 Å². The summed E-state index contributed by atoms with van der Waals surface area (Å²) in [5, 5.41) is 7.24. The normalized spacial score (nSPS) is 11.3. The number of benzene rings is 2. The number of Topliss-reactive ketones (excluding diaryl/α,β-unsaturated/α-hetero) is 1. The Bertz CT molecular complexity index is 1060. The highest BCUT2D eigenvalue weighted by molar-refractivity contribution is 6.32. The Morgan fingerprint density at radius 1 is 1.14 bits per heavy atom. The molecule has 8 heteroatoms. The standard InChI is InChI=1S/C21H20ClFN4O2/c1-21(2,3)19(28)12-7-9-13(10-8-12)25-16-11-27(26-17(16)20(24)29)18-14(22)5-4-6-15(18)23/h4-11,25H,1-3H3,(H2,24,29). The summed E-state index contributed by atoms with van der Waals surface area (Å²) in [6, 6.07) is 11.0. The zero-order valence-corrected chi connectivity index (χ0v) is 16.9. The van der Waals surface area contributed by atoms with Gasteiger partial charge in [-0.05, 0) is 36.4 Å². The van der Waals surface area contributed by atoms with Crippen molar-refractivity contribution in [2.45, 2.75) is 20.8 Å². The van der Waals surface area contributed by atoms with Gasteiger partial charge in [0, 0.05) is 16.7 Å². The van der Waals surface area contributed by atoms with Gasteiger partial charge in [0.2, 0.25) is 0 Å². The topological polar surface area (TPSA) is 90.0 Å². The molecule has 0 unspecified atom stereocenters. The van der Waals surface area contributed by atoms with E-state index in [1.165, 1.54) is 24.4 Å². The molecule has 29 heavy (non-hydrogen) atoms. The fourth-order valence-corrected chi connectivity index (χ4v) is 3.01. The molecule has 6 nitrogen and oxygen atoms in total. The van der Waals surface area contributed by atoms with Gasteiger partial charge in [0.25, 0.3) is 5.91 Å². The van der Waals surface area contributed by atoms with E-state index in [4.69, 9.17) is 17.3 Å². The second kappa shape index (κ2) is 7.67. The number of nitrogens with two attached hydrogens (primary N) is 1. The molecular weight excluding hydrogens is 395 g/mol. The highest BCUT2D eigenvalue weighted by Gasteiger charge is 2.23. The lowest BCUT2D eigenvalue weighted by Gasteiger charge is -2.16. The summed E-state index contributed by atoms with van der Waals surface area (Å²) in [6.45, 7) is 5.55. The van der Waals surface area contributed by atoms with Crippen LogP contribution in [0, 0.1) is 11.2 Å². The van der Waals surface area contributed by atoms with E-state index in [1.54, 1.807) is 24.3 Å². The third-order valence-electron chi connectivity index (χ3n) is 4.22. The van der Waals surface area contributed by atoms with Crippen molar-refractivity contribution in [3.63, 3.8) is 0 Å². The number of primary amides is 1. The van der Waals surface area contributed by atoms with E-state index >= 15 is 0 Å². The molecule has 0 radical (unpaired) electrons.